The van der Waals surface area contributed by atoms with Crippen molar-refractivity contribution in [3.05, 3.63) is 23.8 Å². The molecule has 1 aliphatic rings. The Kier molecular flexibility index (Phi) is 5.51. The van der Waals surface area contributed by atoms with E-state index in [1.807, 2.05) is 12.1 Å². The Labute approximate surface area is 129 Å². The Bertz CT molecular complexity index is 447. The van der Waals surface area contributed by atoms with Gasteiger partial charge in [0.05, 0.1) is 13.2 Å². The van der Waals surface area contributed by atoms with Crippen molar-refractivity contribution >= 4 is 0 Å². The van der Waals surface area contributed by atoms with Gasteiger partial charge in [0.1, 0.15) is 11.5 Å². The second-order valence-electron chi connectivity index (χ2n) is 6.98. The van der Waals surface area contributed by atoms with Gasteiger partial charge in [-0.25, -0.2) is 0 Å². The number of nitrogens with one attached hydrogen (secondary N) is 1. The zero-order chi connectivity index (χ0) is 15.3. The van der Waals surface area contributed by atoms with Crippen molar-refractivity contribution in [1.82, 2.24) is 5.32 Å². The molecule has 3 heteroatoms. The Hall–Kier alpha value is -1.22. The van der Waals surface area contributed by atoms with E-state index in [9.17, 15) is 0 Å². The minimum Gasteiger partial charge on any atom is -0.493 e. The summed E-state index contributed by atoms with van der Waals surface area (Å²) in [7, 11) is 0. The molecule has 0 heterocycles. The summed E-state index contributed by atoms with van der Waals surface area (Å²) in [6.45, 7) is 11.1. The van der Waals surface area contributed by atoms with E-state index in [0.717, 1.165) is 43.6 Å². The summed E-state index contributed by atoms with van der Waals surface area (Å²) in [4.78, 5) is 0. The van der Waals surface area contributed by atoms with Crippen molar-refractivity contribution in [2.45, 2.75) is 59.0 Å². The molecule has 0 unspecified atom stereocenters. The highest BCUT2D eigenvalue weighted by Crippen LogP contribution is 2.32. The van der Waals surface area contributed by atoms with E-state index in [-0.39, 0.29) is 5.54 Å². The van der Waals surface area contributed by atoms with E-state index in [0.29, 0.717) is 0 Å². The maximum Gasteiger partial charge on any atom is 0.127 e. The lowest BCUT2D eigenvalue weighted by Gasteiger charge is -2.22. The molecule has 0 saturated heterocycles. The molecule has 1 N–H and O–H groups in total. The van der Waals surface area contributed by atoms with Crippen LogP contribution in [0.5, 0.6) is 11.5 Å². The molecule has 0 atom stereocenters. The van der Waals surface area contributed by atoms with Crippen molar-refractivity contribution in [2.24, 2.45) is 5.92 Å². The van der Waals surface area contributed by atoms with Gasteiger partial charge in [-0.1, -0.05) is 13.0 Å². The van der Waals surface area contributed by atoms with E-state index in [2.05, 4.69) is 39.1 Å². The molecule has 1 aromatic carbocycles. The lowest BCUT2D eigenvalue weighted by Crippen LogP contribution is -2.35. The fraction of sp³-hybridized carbons (Fsp3) is 0.667. The van der Waals surface area contributed by atoms with Crippen LogP contribution in [0.15, 0.2) is 18.2 Å². The van der Waals surface area contributed by atoms with Crippen molar-refractivity contribution in [2.75, 3.05) is 13.2 Å². The summed E-state index contributed by atoms with van der Waals surface area (Å²) >= 11 is 0. The van der Waals surface area contributed by atoms with Crippen LogP contribution >= 0.6 is 0 Å². The van der Waals surface area contributed by atoms with Crippen molar-refractivity contribution in [3.8, 4) is 11.5 Å². The van der Waals surface area contributed by atoms with Gasteiger partial charge in [0, 0.05) is 23.7 Å². The third-order valence-corrected chi connectivity index (χ3v) is 3.49. The molecule has 1 saturated carbocycles. The number of ether oxygens (including phenoxy) is 2. The predicted molar refractivity (Wildman–Crippen MR) is 87.0 cm³/mol. The summed E-state index contributed by atoms with van der Waals surface area (Å²) in [6, 6.07) is 6.20. The van der Waals surface area contributed by atoms with Crippen LogP contribution in [-0.2, 0) is 6.54 Å². The summed E-state index contributed by atoms with van der Waals surface area (Å²) in [5.41, 5.74) is 1.31. The van der Waals surface area contributed by atoms with Gasteiger partial charge in [-0.3, -0.25) is 0 Å². The van der Waals surface area contributed by atoms with Crippen molar-refractivity contribution in [3.63, 3.8) is 0 Å². The quantitative estimate of drug-likeness (QED) is 0.780. The number of hydrogen-bond donors (Lipinski definition) is 1. The minimum atomic E-state index is 0.102. The first-order valence-electron chi connectivity index (χ1n) is 8.11. The second kappa shape index (κ2) is 7.17. The molecule has 0 bridgehead atoms. The van der Waals surface area contributed by atoms with Crippen LogP contribution in [0.4, 0.5) is 0 Å². The average molecular weight is 291 g/mol. The number of rotatable bonds is 8. The third-order valence-electron chi connectivity index (χ3n) is 3.49. The molecule has 0 radical (unpaired) electrons. The van der Waals surface area contributed by atoms with E-state index in [4.69, 9.17) is 9.47 Å². The van der Waals surface area contributed by atoms with Crippen LogP contribution in [0.25, 0.3) is 0 Å². The molecule has 3 nitrogen and oxygen atoms in total. The van der Waals surface area contributed by atoms with Crippen LogP contribution in [0.2, 0.25) is 0 Å². The van der Waals surface area contributed by atoms with Gasteiger partial charge in [0.15, 0.2) is 0 Å². The Morgan fingerprint density at radius 3 is 2.57 bits per heavy atom. The molecule has 0 spiro atoms. The van der Waals surface area contributed by atoms with Gasteiger partial charge in [0.2, 0.25) is 0 Å². The highest BCUT2D eigenvalue weighted by molar-refractivity contribution is 5.41. The van der Waals surface area contributed by atoms with Crippen LogP contribution < -0.4 is 14.8 Å². The van der Waals surface area contributed by atoms with E-state index in [1.54, 1.807) is 0 Å². The SMILES string of the molecule is CCCOc1ccc(CNC(C)(C)C)c(OCC2CC2)c1. The molecular weight excluding hydrogens is 262 g/mol. The third kappa shape index (κ3) is 5.96. The van der Waals surface area contributed by atoms with E-state index in [1.165, 1.54) is 18.4 Å². The van der Waals surface area contributed by atoms with Gasteiger partial charge in [-0.15, -0.1) is 0 Å². The fourth-order valence-electron chi connectivity index (χ4n) is 1.98. The van der Waals surface area contributed by atoms with Crippen LogP contribution in [0.1, 0.15) is 52.5 Å². The molecule has 0 aromatic heterocycles. The van der Waals surface area contributed by atoms with E-state index < -0.39 is 0 Å². The summed E-state index contributed by atoms with van der Waals surface area (Å²) in [5.74, 6) is 2.63. The molecule has 0 aliphatic heterocycles. The number of benzene rings is 1. The zero-order valence-corrected chi connectivity index (χ0v) is 13.9. The van der Waals surface area contributed by atoms with Crippen LogP contribution in [0.3, 0.4) is 0 Å². The standard InChI is InChI=1S/C18H29NO2/c1-5-10-20-16-9-8-15(12-19-18(2,3)4)17(11-16)21-13-14-6-7-14/h8-9,11,14,19H,5-7,10,12-13H2,1-4H3. The maximum absolute atomic E-state index is 6.03. The maximum atomic E-state index is 6.03. The molecular formula is C18H29NO2. The molecule has 0 amide bonds. The molecule has 1 aromatic rings. The lowest BCUT2D eigenvalue weighted by molar-refractivity contribution is 0.286. The van der Waals surface area contributed by atoms with Crippen LogP contribution in [-0.4, -0.2) is 18.8 Å². The first-order valence-corrected chi connectivity index (χ1v) is 8.11. The van der Waals surface area contributed by atoms with Crippen molar-refractivity contribution < 1.29 is 9.47 Å². The summed E-state index contributed by atoms with van der Waals surface area (Å²) < 4.78 is 11.7. The van der Waals surface area contributed by atoms with Crippen molar-refractivity contribution in [1.29, 1.82) is 0 Å². The fourth-order valence-corrected chi connectivity index (χ4v) is 1.98. The van der Waals surface area contributed by atoms with Crippen LogP contribution in [0, 0.1) is 5.92 Å². The van der Waals surface area contributed by atoms with Gasteiger partial charge in [0.25, 0.3) is 0 Å². The molecule has 1 fully saturated rings. The highest BCUT2D eigenvalue weighted by Gasteiger charge is 2.22. The topological polar surface area (TPSA) is 30.5 Å². The van der Waals surface area contributed by atoms with Gasteiger partial charge >= 0.3 is 0 Å². The second-order valence-corrected chi connectivity index (χ2v) is 6.98. The summed E-state index contributed by atoms with van der Waals surface area (Å²) in [6.07, 6.45) is 3.63. The first-order chi connectivity index (χ1) is 9.98. The predicted octanol–water partition coefficient (Wildman–Crippen LogP) is 4.15. The lowest BCUT2D eigenvalue weighted by atomic mass is 10.1. The normalized spacial score (nSPS) is 15.0. The Morgan fingerprint density at radius 1 is 1.19 bits per heavy atom. The Balaban J connectivity index is 2.04. The zero-order valence-electron chi connectivity index (χ0n) is 13.9. The van der Waals surface area contributed by atoms with E-state index >= 15 is 0 Å². The average Bonchev–Trinajstić information content (AvgIpc) is 3.24. The van der Waals surface area contributed by atoms with Gasteiger partial charge in [-0.2, -0.15) is 0 Å². The first kappa shape index (κ1) is 16.2. The summed E-state index contributed by atoms with van der Waals surface area (Å²) in [5, 5.41) is 3.52. The number of hydrogen-bond acceptors (Lipinski definition) is 3. The Morgan fingerprint density at radius 2 is 1.95 bits per heavy atom. The molecule has 118 valence electrons. The van der Waals surface area contributed by atoms with Gasteiger partial charge < -0.3 is 14.8 Å². The monoisotopic (exact) mass is 291 g/mol. The smallest absolute Gasteiger partial charge is 0.127 e. The molecule has 21 heavy (non-hydrogen) atoms. The highest BCUT2D eigenvalue weighted by atomic mass is 16.5. The molecule has 1 aliphatic carbocycles. The molecule has 2 rings (SSSR count). The van der Waals surface area contributed by atoms with Gasteiger partial charge in [-0.05, 0) is 52.0 Å². The largest absolute Gasteiger partial charge is 0.493 e. The minimum absolute atomic E-state index is 0.102.